The van der Waals surface area contributed by atoms with Crippen molar-refractivity contribution in [2.45, 2.75) is 39.0 Å². The molecular formula is C15H26N2S. The Morgan fingerprint density at radius 1 is 1.22 bits per heavy atom. The fraction of sp³-hybridized carbons (Fsp3) is 0.600. The zero-order valence-electron chi connectivity index (χ0n) is 11.8. The summed E-state index contributed by atoms with van der Waals surface area (Å²) in [7, 11) is 0. The lowest BCUT2D eigenvalue weighted by atomic mass is 10.0. The fourth-order valence-corrected chi connectivity index (χ4v) is 2.51. The molecule has 0 amide bonds. The molecule has 1 aromatic carbocycles. The first-order chi connectivity index (χ1) is 8.61. The van der Waals surface area contributed by atoms with E-state index in [1.54, 1.807) is 0 Å². The van der Waals surface area contributed by atoms with E-state index >= 15 is 0 Å². The van der Waals surface area contributed by atoms with Gasteiger partial charge < -0.3 is 11.1 Å². The van der Waals surface area contributed by atoms with Crippen LogP contribution in [0.2, 0.25) is 0 Å². The van der Waals surface area contributed by atoms with Crippen molar-refractivity contribution in [3.05, 3.63) is 29.8 Å². The molecule has 0 saturated heterocycles. The molecule has 1 atom stereocenters. The van der Waals surface area contributed by atoms with Crippen LogP contribution in [0.1, 0.15) is 32.8 Å². The topological polar surface area (TPSA) is 38.0 Å². The second-order valence-electron chi connectivity index (χ2n) is 5.10. The minimum Gasteiger partial charge on any atom is -0.383 e. The van der Waals surface area contributed by atoms with Crippen molar-refractivity contribution >= 4 is 17.4 Å². The molecule has 0 fully saturated rings. The van der Waals surface area contributed by atoms with Crippen molar-refractivity contribution in [2.24, 2.45) is 11.7 Å². The van der Waals surface area contributed by atoms with Crippen LogP contribution in [0.15, 0.2) is 24.3 Å². The quantitative estimate of drug-likeness (QED) is 0.753. The molecule has 18 heavy (non-hydrogen) atoms. The predicted octanol–water partition coefficient (Wildman–Crippen LogP) is 3.73. The molecule has 2 nitrogen and oxygen atoms in total. The van der Waals surface area contributed by atoms with E-state index in [0.717, 1.165) is 18.7 Å². The molecule has 0 bridgehead atoms. The summed E-state index contributed by atoms with van der Waals surface area (Å²) in [4.78, 5) is 0. The summed E-state index contributed by atoms with van der Waals surface area (Å²) in [6.07, 6.45) is 1.07. The second-order valence-corrected chi connectivity index (χ2v) is 6.38. The average Bonchev–Trinajstić information content (AvgIpc) is 2.34. The lowest BCUT2D eigenvalue weighted by molar-refractivity contribution is 0.508. The number of benzene rings is 1. The molecule has 0 aromatic heterocycles. The van der Waals surface area contributed by atoms with E-state index < -0.39 is 0 Å². The van der Waals surface area contributed by atoms with Crippen LogP contribution in [0.25, 0.3) is 0 Å². The number of hydrogen-bond donors (Lipinski definition) is 2. The molecule has 3 heteroatoms. The first-order valence-corrected chi connectivity index (χ1v) is 7.93. The van der Waals surface area contributed by atoms with E-state index in [0.29, 0.717) is 5.92 Å². The number of nitrogens with two attached hydrogens (primary N) is 1. The van der Waals surface area contributed by atoms with Gasteiger partial charge in [0, 0.05) is 24.0 Å². The van der Waals surface area contributed by atoms with Gasteiger partial charge in [-0.3, -0.25) is 0 Å². The molecule has 102 valence electrons. The van der Waals surface area contributed by atoms with Gasteiger partial charge in [0.05, 0.1) is 0 Å². The lowest BCUT2D eigenvalue weighted by Crippen LogP contribution is -2.30. The Balaban J connectivity index is 2.34. The van der Waals surface area contributed by atoms with Crippen LogP contribution < -0.4 is 11.1 Å². The Morgan fingerprint density at radius 3 is 2.44 bits per heavy atom. The van der Waals surface area contributed by atoms with Crippen molar-refractivity contribution < 1.29 is 0 Å². The Labute approximate surface area is 116 Å². The maximum atomic E-state index is 6.05. The van der Waals surface area contributed by atoms with Gasteiger partial charge in [-0.2, -0.15) is 11.8 Å². The van der Waals surface area contributed by atoms with Crippen molar-refractivity contribution in [2.75, 3.05) is 17.6 Å². The van der Waals surface area contributed by atoms with Crippen molar-refractivity contribution in [3.63, 3.8) is 0 Å². The summed E-state index contributed by atoms with van der Waals surface area (Å²) in [6, 6.07) is 8.92. The van der Waals surface area contributed by atoms with Gasteiger partial charge in [-0.1, -0.05) is 32.9 Å². The SMILES string of the molecule is CCSCc1ccc(NCC(N)CC(C)C)cc1. The Bertz CT molecular complexity index is 322. The molecule has 0 aliphatic carbocycles. The zero-order chi connectivity index (χ0) is 13.4. The van der Waals surface area contributed by atoms with Crippen LogP contribution in [0.5, 0.6) is 0 Å². The molecule has 0 radical (unpaired) electrons. The van der Waals surface area contributed by atoms with Crippen LogP contribution in [-0.4, -0.2) is 18.3 Å². The van der Waals surface area contributed by atoms with Gasteiger partial charge in [-0.05, 0) is 35.8 Å². The van der Waals surface area contributed by atoms with Gasteiger partial charge in [0.2, 0.25) is 0 Å². The van der Waals surface area contributed by atoms with E-state index in [4.69, 9.17) is 5.73 Å². The summed E-state index contributed by atoms with van der Waals surface area (Å²) in [5.74, 6) is 2.93. The van der Waals surface area contributed by atoms with Crippen LogP contribution in [0, 0.1) is 5.92 Å². The largest absolute Gasteiger partial charge is 0.383 e. The van der Waals surface area contributed by atoms with Crippen LogP contribution >= 0.6 is 11.8 Å². The highest BCUT2D eigenvalue weighted by molar-refractivity contribution is 7.98. The van der Waals surface area contributed by atoms with Crippen molar-refractivity contribution in [3.8, 4) is 0 Å². The highest BCUT2D eigenvalue weighted by Crippen LogP contribution is 2.15. The molecule has 1 rings (SSSR count). The molecule has 0 heterocycles. The van der Waals surface area contributed by atoms with Gasteiger partial charge in [-0.15, -0.1) is 0 Å². The maximum absolute atomic E-state index is 6.05. The van der Waals surface area contributed by atoms with Gasteiger partial charge in [0.1, 0.15) is 0 Å². The van der Waals surface area contributed by atoms with Gasteiger partial charge in [0.25, 0.3) is 0 Å². The first-order valence-electron chi connectivity index (χ1n) is 6.78. The molecule has 0 spiro atoms. The van der Waals surface area contributed by atoms with Crippen molar-refractivity contribution in [1.29, 1.82) is 0 Å². The molecule has 1 aromatic rings. The summed E-state index contributed by atoms with van der Waals surface area (Å²) in [5, 5.41) is 3.40. The zero-order valence-corrected chi connectivity index (χ0v) is 12.6. The Kier molecular flexibility index (Phi) is 7.21. The fourth-order valence-electron chi connectivity index (χ4n) is 1.88. The minimum absolute atomic E-state index is 0.236. The molecule has 0 saturated carbocycles. The van der Waals surface area contributed by atoms with Gasteiger partial charge in [-0.25, -0.2) is 0 Å². The molecule has 0 aliphatic heterocycles. The van der Waals surface area contributed by atoms with E-state index in [1.807, 2.05) is 11.8 Å². The number of rotatable bonds is 8. The normalized spacial score (nSPS) is 12.7. The summed E-state index contributed by atoms with van der Waals surface area (Å²) >= 11 is 1.95. The highest BCUT2D eigenvalue weighted by atomic mass is 32.2. The van der Waals surface area contributed by atoms with Crippen LogP contribution in [0.4, 0.5) is 5.69 Å². The van der Waals surface area contributed by atoms with E-state index in [9.17, 15) is 0 Å². The molecule has 0 aliphatic rings. The monoisotopic (exact) mass is 266 g/mol. The third-order valence-corrected chi connectivity index (χ3v) is 3.72. The number of hydrogen-bond acceptors (Lipinski definition) is 3. The lowest BCUT2D eigenvalue weighted by Gasteiger charge is -2.15. The Morgan fingerprint density at radius 2 is 1.89 bits per heavy atom. The number of nitrogens with one attached hydrogen (secondary N) is 1. The van der Waals surface area contributed by atoms with Crippen LogP contribution in [0.3, 0.4) is 0 Å². The van der Waals surface area contributed by atoms with Crippen molar-refractivity contribution in [1.82, 2.24) is 0 Å². The minimum atomic E-state index is 0.236. The highest BCUT2D eigenvalue weighted by Gasteiger charge is 2.04. The Hall–Kier alpha value is -0.670. The summed E-state index contributed by atoms with van der Waals surface area (Å²) in [6.45, 7) is 7.46. The van der Waals surface area contributed by atoms with E-state index in [1.165, 1.54) is 17.0 Å². The third kappa shape index (κ3) is 6.31. The molecule has 1 unspecified atom stereocenters. The summed E-state index contributed by atoms with van der Waals surface area (Å²) in [5.41, 5.74) is 8.61. The second kappa shape index (κ2) is 8.44. The first kappa shape index (κ1) is 15.4. The number of anilines is 1. The standard InChI is InChI=1S/C15H26N2S/c1-4-18-11-13-5-7-15(8-6-13)17-10-14(16)9-12(2)3/h5-8,12,14,17H,4,9-11,16H2,1-3H3. The van der Waals surface area contributed by atoms with E-state index in [2.05, 4.69) is 50.4 Å². The van der Waals surface area contributed by atoms with Gasteiger partial charge >= 0.3 is 0 Å². The average molecular weight is 266 g/mol. The number of thioether (sulfide) groups is 1. The van der Waals surface area contributed by atoms with Gasteiger partial charge in [0.15, 0.2) is 0 Å². The smallest absolute Gasteiger partial charge is 0.0340 e. The molecular weight excluding hydrogens is 240 g/mol. The van der Waals surface area contributed by atoms with Crippen LogP contribution in [-0.2, 0) is 5.75 Å². The van der Waals surface area contributed by atoms with E-state index in [-0.39, 0.29) is 6.04 Å². The maximum Gasteiger partial charge on any atom is 0.0340 e. The third-order valence-electron chi connectivity index (χ3n) is 2.77. The molecule has 3 N–H and O–H groups in total. The predicted molar refractivity (Wildman–Crippen MR) is 84.2 cm³/mol. The summed E-state index contributed by atoms with van der Waals surface area (Å²) < 4.78 is 0.